The quantitative estimate of drug-likeness (QED) is 0.283. The highest BCUT2D eigenvalue weighted by Gasteiger charge is 2.20. The normalized spacial score (nSPS) is 10.8. The molecule has 2 aromatic rings. The Kier molecular flexibility index (Phi) is 6.26. The number of aromatic nitrogens is 1. The molecule has 0 aliphatic rings. The summed E-state index contributed by atoms with van der Waals surface area (Å²) in [7, 11) is 1.24. The number of phenolic OH excluding ortho intramolecular Hbond substituents is 1. The van der Waals surface area contributed by atoms with Gasteiger partial charge in [-0.1, -0.05) is 34.8 Å². The molecule has 4 N–H and O–H groups in total. The Morgan fingerprint density at radius 3 is 2.67 bits per heavy atom. The molecule has 0 saturated heterocycles. The van der Waals surface area contributed by atoms with Gasteiger partial charge in [-0.2, -0.15) is 5.10 Å². The minimum Gasteiger partial charge on any atom is -0.504 e. The lowest BCUT2D eigenvalue weighted by Gasteiger charge is -2.08. The summed E-state index contributed by atoms with van der Waals surface area (Å²) in [5, 5.41) is 23.9. The van der Waals surface area contributed by atoms with Crippen LogP contribution in [0.2, 0.25) is 15.2 Å². The van der Waals surface area contributed by atoms with Crippen LogP contribution in [0.25, 0.3) is 0 Å². The predicted molar refractivity (Wildman–Crippen MR) is 100 cm³/mol. The van der Waals surface area contributed by atoms with E-state index in [0.717, 1.165) is 18.3 Å². The molecule has 2 rings (SSSR count). The van der Waals surface area contributed by atoms with Crippen LogP contribution in [0.1, 0.15) is 16.1 Å². The van der Waals surface area contributed by atoms with Gasteiger partial charge in [-0.3, -0.25) is 14.9 Å². The SMILES string of the molecule is COc1cc([N+](=O)[O-])c(/C=N/NC(=O)c2nc(Cl)c(Cl)c(N)c2Cl)cc1O. The fourth-order valence-corrected chi connectivity index (χ4v) is 2.49. The Hall–Kier alpha value is -2.82. The highest BCUT2D eigenvalue weighted by molar-refractivity contribution is 6.46. The lowest BCUT2D eigenvalue weighted by atomic mass is 10.1. The van der Waals surface area contributed by atoms with Gasteiger partial charge >= 0.3 is 0 Å². The Morgan fingerprint density at radius 2 is 2.07 bits per heavy atom. The monoisotopic (exact) mass is 433 g/mol. The first-order valence-corrected chi connectivity index (χ1v) is 7.99. The number of benzene rings is 1. The Labute approximate surface area is 166 Å². The third kappa shape index (κ3) is 4.30. The van der Waals surface area contributed by atoms with E-state index in [-0.39, 0.29) is 43.6 Å². The van der Waals surface area contributed by atoms with Gasteiger partial charge in [0.2, 0.25) is 0 Å². The highest BCUT2D eigenvalue weighted by atomic mass is 35.5. The summed E-state index contributed by atoms with van der Waals surface area (Å²) in [6, 6.07) is 2.06. The zero-order valence-electron chi connectivity index (χ0n) is 13.4. The molecule has 0 radical (unpaired) electrons. The van der Waals surface area contributed by atoms with Gasteiger partial charge in [0.1, 0.15) is 5.02 Å². The molecule has 13 heteroatoms. The number of nitrogens with one attached hydrogen (secondary N) is 1. The number of halogens is 3. The van der Waals surface area contributed by atoms with Crippen LogP contribution < -0.4 is 15.9 Å². The molecule has 1 amide bonds. The number of carbonyl (C=O) groups excluding carboxylic acids is 1. The van der Waals surface area contributed by atoms with Gasteiger partial charge in [-0.25, -0.2) is 10.4 Å². The number of nitrogen functional groups attached to an aromatic ring is 1. The van der Waals surface area contributed by atoms with Gasteiger partial charge in [0.15, 0.2) is 22.3 Å². The molecule has 0 fully saturated rings. The smallest absolute Gasteiger partial charge is 0.291 e. The fourth-order valence-electron chi connectivity index (χ4n) is 1.89. The number of ether oxygens (including phenoxy) is 1. The van der Waals surface area contributed by atoms with Crippen molar-refractivity contribution in [2.75, 3.05) is 12.8 Å². The molecule has 142 valence electrons. The average molecular weight is 435 g/mol. The summed E-state index contributed by atoms with van der Waals surface area (Å²) in [5.41, 5.74) is 6.71. The maximum absolute atomic E-state index is 12.1. The zero-order valence-corrected chi connectivity index (χ0v) is 15.6. The Balaban J connectivity index is 2.29. The van der Waals surface area contributed by atoms with Crippen LogP contribution in [0, 0.1) is 10.1 Å². The molecule has 0 unspecified atom stereocenters. The van der Waals surface area contributed by atoms with Crippen molar-refractivity contribution < 1.29 is 19.6 Å². The minimum absolute atomic E-state index is 0.0914. The number of hydrazone groups is 1. The summed E-state index contributed by atoms with van der Waals surface area (Å²) in [5.74, 6) is -1.33. The number of anilines is 1. The lowest BCUT2D eigenvalue weighted by Crippen LogP contribution is -2.20. The van der Waals surface area contributed by atoms with Crippen LogP contribution in [-0.2, 0) is 0 Å². The van der Waals surface area contributed by atoms with Crippen molar-refractivity contribution in [1.82, 2.24) is 10.4 Å². The van der Waals surface area contributed by atoms with Crippen molar-refractivity contribution >= 4 is 58.3 Å². The molecule has 0 atom stereocenters. The number of nitro benzene ring substituents is 1. The first-order valence-electron chi connectivity index (χ1n) is 6.86. The lowest BCUT2D eigenvalue weighted by molar-refractivity contribution is -0.385. The van der Waals surface area contributed by atoms with Crippen molar-refractivity contribution in [3.05, 3.63) is 48.7 Å². The van der Waals surface area contributed by atoms with Gasteiger partial charge in [0, 0.05) is 0 Å². The van der Waals surface area contributed by atoms with E-state index < -0.39 is 16.5 Å². The number of carbonyl (C=O) groups is 1. The second kappa shape index (κ2) is 8.25. The van der Waals surface area contributed by atoms with Gasteiger partial charge in [0.05, 0.1) is 40.6 Å². The number of amides is 1. The van der Waals surface area contributed by atoms with E-state index in [4.69, 9.17) is 45.3 Å². The summed E-state index contributed by atoms with van der Waals surface area (Å²) in [6.07, 6.45) is 0.948. The van der Waals surface area contributed by atoms with Crippen molar-refractivity contribution in [2.45, 2.75) is 0 Å². The molecule has 0 saturated carbocycles. The number of nitrogens with zero attached hydrogens (tertiary/aromatic N) is 3. The van der Waals surface area contributed by atoms with Crippen LogP contribution in [0.5, 0.6) is 11.5 Å². The van der Waals surface area contributed by atoms with Crippen molar-refractivity contribution in [2.24, 2.45) is 5.10 Å². The van der Waals surface area contributed by atoms with Gasteiger partial charge < -0.3 is 15.6 Å². The second-order valence-electron chi connectivity index (χ2n) is 4.83. The van der Waals surface area contributed by atoms with Crippen molar-refractivity contribution in [1.29, 1.82) is 0 Å². The first kappa shape index (κ1) is 20.5. The topological polar surface area (TPSA) is 153 Å². The molecule has 27 heavy (non-hydrogen) atoms. The molecule has 0 aliphatic heterocycles. The summed E-state index contributed by atoms with van der Waals surface area (Å²) in [6.45, 7) is 0. The minimum atomic E-state index is -0.887. The van der Waals surface area contributed by atoms with Crippen LogP contribution in [0.3, 0.4) is 0 Å². The number of pyridine rings is 1. The third-order valence-electron chi connectivity index (χ3n) is 3.18. The molecule has 0 bridgehead atoms. The molecular weight excluding hydrogens is 425 g/mol. The zero-order chi connectivity index (χ0) is 20.3. The van der Waals surface area contributed by atoms with E-state index in [1.165, 1.54) is 7.11 Å². The molecule has 1 aromatic heterocycles. The maximum Gasteiger partial charge on any atom is 0.291 e. The summed E-state index contributed by atoms with van der Waals surface area (Å²) >= 11 is 17.4. The number of nitro groups is 1. The van der Waals surface area contributed by atoms with E-state index >= 15 is 0 Å². The fraction of sp³-hybridized carbons (Fsp3) is 0.0714. The number of hydrogen-bond donors (Lipinski definition) is 3. The number of nitrogens with two attached hydrogens (primary N) is 1. The molecule has 0 aliphatic carbocycles. The van der Waals surface area contributed by atoms with Gasteiger partial charge in [-0.15, -0.1) is 0 Å². The number of rotatable bonds is 5. The average Bonchev–Trinajstić information content (AvgIpc) is 2.62. The molecule has 1 heterocycles. The number of aromatic hydroxyl groups is 1. The Morgan fingerprint density at radius 1 is 1.41 bits per heavy atom. The predicted octanol–water partition coefficient (Wildman–Crippen LogP) is 3.01. The molecule has 0 spiro atoms. The van der Waals surface area contributed by atoms with Crippen LogP contribution in [-0.4, -0.2) is 34.2 Å². The van der Waals surface area contributed by atoms with E-state index in [0.29, 0.717) is 0 Å². The Bertz CT molecular complexity index is 967. The van der Waals surface area contributed by atoms with E-state index in [9.17, 15) is 20.0 Å². The van der Waals surface area contributed by atoms with E-state index in [1.807, 2.05) is 0 Å². The van der Waals surface area contributed by atoms with Gasteiger partial charge in [-0.05, 0) is 6.07 Å². The first-order chi connectivity index (χ1) is 12.7. The third-order valence-corrected chi connectivity index (χ3v) is 4.32. The summed E-state index contributed by atoms with van der Waals surface area (Å²) < 4.78 is 4.81. The molecule has 1 aromatic carbocycles. The standard InChI is InChI=1S/C14H10Cl3N5O5/c1-27-8-3-6(22(25)26)5(2-7(8)23)4-19-21-14(24)12-9(15)11(18)10(16)13(17)20-12/h2-4,23H,1H3,(H2,18,20)(H,21,24)/b19-4+. The van der Waals surface area contributed by atoms with Crippen LogP contribution >= 0.6 is 34.8 Å². The maximum atomic E-state index is 12.1. The second-order valence-corrected chi connectivity index (χ2v) is 5.95. The number of phenols is 1. The highest BCUT2D eigenvalue weighted by Crippen LogP contribution is 2.34. The largest absolute Gasteiger partial charge is 0.504 e. The van der Waals surface area contributed by atoms with E-state index in [2.05, 4.69) is 15.5 Å². The number of methoxy groups -OCH3 is 1. The summed E-state index contributed by atoms with van der Waals surface area (Å²) in [4.78, 5) is 26.3. The van der Waals surface area contributed by atoms with Crippen molar-refractivity contribution in [3.8, 4) is 11.5 Å². The molecule has 10 nitrogen and oxygen atoms in total. The number of hydrogen-bond acceptors (Lipinski definition) is 8. The van der Waals surface area contributed by atoms with Gasteiger partial charge in [0.25, 0.3) is 11.6 Å². The molecular formula is C14H10Cl3N5O5. The van der Waals surface area contributed by atoms with Crippen molar-refractivity contribution in [3.63, 3.8) is 0 Å². The van der Waals surface area contributed by atoms with Crippen LogP contribution in [0.4, 0.5) is 11.4 Å². The van der Waals surface area contributed by atoms with E-state index in [1.54, 1.807) is 0 Å². The van der Waals surface area contributed by atoms with Crippen LogP contribution in [0.15, 0.2) is 17.2 Å².